The molecule has 1 aromatic carbocycles. The fraction of sp³-hybridized carbons (Fsp3) is 0.545. The Balaban J connectivity index is 1.72. The molecule has 0 amide bonds. The van der Waals surface area contributed by atoms with E-state index in [1.165, 1.54) is 4.68 Å². The molecule has 0 N–H and O–H groups in total. The number of halogens is 1. The third-order valence-corrected chi connectivity index (χ3v) is 8.05. The van der Waals surface area contributed by atoms with Gasteiger partial charge in [0.2, 0.25) is 0 Å². The third-order valence-electron chi connectivity index (χ3n) is 5.66. The molecule has 176 valence electrons. The van der Waals surface area contributed by atoms with Gasteiger partial charge in [0.25, 0.3) is 15.8 Å². The maximum Gasteiger partial charge on any atom is 0.292 e. The van der Waals surface area contributed by atoms with Gasteiger partial charge in [0.15, 0.2) is 0 Å². The lowest BCUT2D eigenvalue weighted by Gasteiger charge is -2.37. The van der Waals surface area contributed by atoms with Crippen LogP contribution in [-0.2, 0) is 10.2 Å². The molecular formula is C22H32ClN5O3S. The number of piperazine rings is 1. The van der Waals surface area contributed by atoms with Crippen LogP contribution in [0.5, 0.6) is 0 Å². The molecule has 0 atom stereocenters. The number of para-hydroxylation sites is 1. The van der Waals surface area contributed by atoms with Crippen LogP contribution in [0.15, 0.2) is 41.3 Å². The van der Waals surface area contributed by atoms with E-state index in [2.05, 4.69) is 18.9 Å². The zero-order chi connectivity index (χ0) is 23.1. The van der Waals surface area contributed by atoms with E-state index in [1.807, 2.05) is 23.1 Å². The van der Waals surface area contributed by atoms with E-state index in [1.54, 1.807) is 26.9 Å². The molecule has 1 aliphatic heterocycles. The topological polar surface area (TPSA) is 78.8 Å². The van der Waals surface area contributed by atoms with Gasteiger partial charge in [-0.1, -0.05) is 56.5 Å². The quantitative estimate of drug-likeness (QED) is 0.521. The molecule has 32 heavy (non-hydrogen) atoms. The first kappa shape index (κ1) is 24.7. The number of aromatic nitrogens is 2. The molecule has 1 fully saturated rings. The summed E-state index contributed by atoms with van der Waals surface area (Å²) in [6.07, 6.45) is 5.18. The van der Waals surface area contributed by atoms with E-state index in [-0.39, 0.29) is 5.02 Å². The first-order chi connectivity index (χ1) is 15.4. The minimum Gasteiger partial charge on any atom is -0.366 e. The van der Waals surface area contributed by atoms with Crippen molar-refractivity contribution in [2.45, 2.75) is 39.5 Å². The van der Waals surface area contributed by atoms with Crippen LogP contribution in [0.2, 0.25) is 5.02 Å². The molecule has 1 aromatic heterocycles. The summed E-state index contributed by atoms with van der Waals surface area (Å²) >= 11 is 6.42. The Hall–Kier alpha value is -1.94. The van der Waals surface area contributed by atoms with Crippen LogP contribution in [0, 0.1) is 0 Å². The summed E-state index contributed by atoms with van der Waals surface area (Å²) < 4.78 is 30.8. The number of hydrogen-bond donors (Lipinski definition) is 0. The lowest BCUT2D eigenvalue weighted by Crippen LogP contribution is -2.53. The van der Waals surface area contributed by atoms with Gasteiger partial charge in [0, 0.05) is 39.3 Å². The lowest BCUT2D eigenvalue weighted by atomic mass is 10.3. The number of unbranched alkanes of at least 4 members (excludes halogenated alkanes) is 2. The van der Waals surface area contributed by atoms with Crippen molar-refractivity contribution in [2.24, 2.45) is 0 Å². The fourth-order valence-electron chi connectivity index (χ4n) is 3.73. The smallest absolute Gasteiger partial charge is 0.292 e. The Morgan fingerprint density at radius 2 is 1.59 bits per heavy atom. The molecule has 0 bridgehead atoms. The van der Waals surface area contributed by atoms with Crippen LogP contribution in [-0.4, -0.2) is 66.1 Å². The van der Waals surface area contributed by atoms with Gasteiger partial charge in [0.1, 0.15) is 5.02 Å². The highest BCUT2D eigenvalue weighted by molar-refractivity contribution is 7.86. The van der Waals surface area contributed by atoms with Gasteiger partial charge in [-0.3, -0.25) is 4.79 Å². The minimum atomic E-state index is -3.51. The minimum absolute atomic E-state index is 0.0904. The SMILES string of the molecule is CCCCN(CCCC)S(=O)(=O)N1CCN(c2cnn(-c3ccccc3)c(=O)c2Cl)CC1. The number of nitrogens with zero attached hydrogens (tertiary/aromatic N) is 5. The number of benzene rings is 1. The molecule has 1 saturated heterocycles. The molecular weight excluding hydrogens is 450 g/mol. The Morgan fingerprint density at radius 1 is 1.00 bits per heavy atom. The Morgan fingerprint density at radius 3 is 2.16 bits per heavy atom. The molecule has 2 aromatic rings. The molecule has 3 rings (SSSR count). The van der Waals surface area contributed by atoms with Crippen molar-refractivity contribution in [3.05, 3.63) is 51.9 Å². The van der Waals surface area contributed by atoms with Crippen molar-refractivity contribution in [3.8, 4) is 5.69 Å². The number of anilines is 1. The van der Waals surface area contributed by atoms with E-state index in [9.17, 15) is 13.2 Å². The summed E-state index contributed by atoms with van der Waals surface area (Å²) in [5, 5.41) is 4.38. The number of hydrogen-bond acceptors (Lipinski definition) is 5. The maximum absolute atomic E-state index is 13.2. The van der Waals surface area contributed by atoms with Crippen molar-refractivity contribution in [3.63, 3.8) is 0 Å². The summed E-state index contributed by atoms with van der Waals surface area (Å²) in [4.78, 5) is 14.7. The average molecular weight is 482 g/mol. The standard InChI is InChI=1S/C22H32ClN5O3S/c1-3-5-12-26(13-6-4-2)32(30,31)27-16-14-25(15-17-27)20-18-24-28(22(29)21(20)23)19-10-8-7-9-11-19/h7-11,18H,3-6,12-17H2,1-2H3. The molecule has 1 aliphatic rings. The van der Waals surface area contributed by atoms with Crippen LogP contribution >= 0.6 is 11.6 Å². The maximum atomic E-state index is 13.2. The predicted molar refractivity (Wildman–Crippen MR) is 129 cm³/mol. The summed E-state index contributed by atoms with van der Waals surface area (Å²) in [6.45, 7) is 6.80. The normalized spacial score (nSPS) is 15.4. The summed E-state index contributed by atoms with van der Waals surface area (Å²) in [5.41, 5.74) is 0.784. The highest BCUT2D eigenvalue weighted by Gasteiger charge is 2.32. The van der Waals surface area contributed by atoms with E-state index < -0.39 is 15.8 Å². The zero-order valence-electron chi connectivity index (χ0n) is 18.8. The summed E-state index contributed by atoms with van der Waals surface area (Å²) in [7, 11) is -3.51. The van der Waals surface area contributed by atoms with E-state index in [0.29, 0.717) is 50.6 Å². The first-order valence-electron chi connectivity index (χ1n) is 11.2. The Bertz CT molecular complexity index is 1030. The molecule has 0 radical (unpaired) electrons. The van der Waals surface area contributed by atoms with Crippen molar-refractivity contribution in [1.82, 2.24) is 18.4 Å². The first-order valence-corrected chi connectivity index (χ1v) is 13.0. The molecule has 10 heteroatoms. The number of rotatable bonds is 10. The van der Waals surface area contributed by atoms with Crippen LogP contribution in [0.25, 0.3) is 5.69 Å². The van der Waals surface area contributed by atoms with Crippen LogP contribution in [0.1, 0.15) is 39.5 Å². The van der Waals surface area contributed by atoms with E-state index in [0.717, 1.165) is 25.7 Å². The molecule has 8 nitrogen and oxygen atoms in total. The largest absolute Gasteiger partial charge is 0.366 e. The second kappa shape index (κ2) is 11.3. The third kappa shape index (κ3) is 5.51. The Labute approximate surface area is 195 Å². The predicted octanol–water partition coefficient (Wildman–Crippen LogP) is 3.15. The molecule has 0 spiro atoms. The highest BCUT2D eigenvalue weighted by Crippen LogP contribution is 2.24. The van der Waals surface area contributed by atoms with Gasteiger partial charge in [-0.15, -0.1) is 0 Å². The van der Waals surface area contributed by atoms with Crippen molar-refractivity contribution >= 4 is 27.5 Å². The molecule has 0 unspecified atom stereocenters. The van der Waals surface area contributed by atoms with Gasteiger partial charge < -0.3 is 4.90 Å². The molecule has 2 heterocycles. The average Bonchev–Trinajstić information content (AvgIpc) is 2.81. The highest BCUT2D eigenvalue weighted by atomic mass is 35.5. The van der Waals surface area contributed by atoms with Crippen LogP contribution in [0.3, 0.4) is 0 Å². The van der Waals surface area contributed by atoms with Gasteiger partial charge in [-0.25, -0.2) is 0 Å². The molecule has 0 saturated carbocycles. The van der Waals surface area contributed by atoms with E-state index >= 15 is 0 Å². The monoisotopic (exact) mass is 481 g/mol. The lowest BCUT2D eigenvalue weighted by molar-refractivity contribution is 0.318. The van der Waals surface area contributed by atoms with Crippen LogP contribution in [0.4, 0.5) is 5.69 Å². The van der Waals surface area contributed by atoms with Gasteiger partial charge in [-0.2, -0.15) is 26.8 Å². The van der Waals surface area contributed by atoms with Gasteiger partial charge >= 0.3 is 0 Å². The van der Waals surface area contributed by atoms with Crippen molar-refractivity contribution < 1.29 is 8.42 Å². The van der Waals surface area contributed by atoms with Crippen molar-refractivity contribution in [1.29, 1.82) is 0 Å². The summed E-state index contributed by atoms with van der Waals surface area (Å²) in [6, 6.07) is 9.10. The molecule has 0 aliphatic carbocycles. The van der Waals surface area contributed by atoms with Gasteiger partial charge in [-0.05, 0) is 25.0 Å². The van der Waals surface area contributed by atoms with Crippen LogP contribution < -0.4 is 10.5 Å². The Kier molecular flexibility index (Phi) is 8.70. The second-order valence-corrected chi connectivity index (χ2v) is 10.2. The van der Waals surface area contributed by atoms with E-state index in [4.69, 9.17) is 11.6 Å². The second-order valence-electron chi connectivity index (χ2n) is 7.90. The fourth-order valence-corrected chi connectivity index (χ4v) is 5.65. The van der Waals surface area contributed by atoms with Crippen molar-refractivity contribution in [2.75, 3.05) is 44.2 Å². The zero-order valence-corrected chi connectivity index (χ0v) is 20.4. The van der Waals surface area contributed by atoms with Gasteiger partial charge in [0.05, 0.1) is 17.6 Å². The summed E-state index contributed by atoms with van der Waals surface area (Å²) in [5.74, 6) is 0.